The first-order valence-corrected chi connectivity index (χ1v) is 10.5. The first-order chi connectivity index (χ1) is 14.2. The SMILES string of the molecule is O=C(O)[C@@H](CO[C@@H]1CCCN(Cc2ccc3c(n2)NCCC3)C1)c1ccccc1. The summed E-state index contributed by atoms with van der Waals surface area (Å²) in [6.07, 6.45) is 4.35. The predicted octanol–water partition coefficient (Wildman–Crippen LogP) is 3.29. The van der Waals surface area contributed by atoms with Crippen molar-refractivity contribution < 1.29 is 14.6 Å². The molecule has 154 valence electrons. The van der Waals surface area contributed by atoms with Crippen LogP contribution < -0.4 is 5.32 Å². The summed E-state index contributed by atoms with van der Waals surface area (Å²) in [5.41, 5.74) is 3.17. The molecule has 29 heavy (non-hydrogen) atoms. The van der Waals surface area contributed by atoms with Gasteiger partial charge in [0, 0.05) is 19.6 Å². The van der Waals surface area contributed by atoms with E-state index in [1.807, 2.05) is 30.3 Å². The minimum Gasteiger partial charge on any atom is -0.481 e. The van der Waals surface area contributed by atoms with Gasteiger partial charge in [-0.15, -0.1) is 0 Å². The first kappa shape index (κ1) is 19.9. The monoisotopic (exact) mass is 395 g/mol. The van der Waals surface area contributed by atoms with Crippen molar-refractivity contribution in [1.82, 2.24) is 9.88 Å². The van der Waals surface area contributed by atoms with Gasteiger partial charge in [-0.3, -0.25) is 9.69 Å². The van der Waals surface area contributed by atoms with E-state index in [1.165, 1.54) is 12.0 Å². The molecule has 1 aromatic carbocycles. The molecule has 0 amide bonds. The van der Waals surface area contributed by atoms with Gasteiger partial charge in [0.15, 0.2) is 0 Å². The summed E-state index contributed by atoms with van der Waals surface area (Å²) < 4.78 is 6.06. The molecule has 0 aliphatic carbocycles. The number of nitrogens with zero attached hydrogens (tertiary/aromatic N) is 2. The topological polar surface area (TPSA) is 74.7 Å². The Hall–Kier alpha value is -2.44. The fourth-order valence-corrected chi connectivity index (χ4v) is 4.21. The number of likely N-dealkylation sites (tertiary alicyclic amines) is 1. The van der Waals surface area contributed by atoms with E-state index in [2.05, 4.69) is 22.3 Å². The maximum atomic E-state index is 11.7. The number of anilines is 1. The number of carboxylic acid groups (broad SMARTS) is 1. The molecule has 0 radical (unpaired) electrons. The van der Waals surface area contributed by atoms with Crippen LogP contribution in [0.3, 0.4) is 0 Å². The second kappa shape index (κ2) is 9.37. The number of benzene rings is 1. The van der Waals surface area contributed by atoms with E-state index in [0.29, 0.717) is 0 Å². The quantitative estimate of drug-likeness (QED) is 0.749. The zero-order chi connectivity index (χ0) is 20.1. The second-order valence-electron chi connectivity index (χ2n) is 7.97. The molecule has 2 aliphatic rings. The van der Waals surface area contributed by atoms with Crippen LogP contribution in [-0.4, -0.2) is 53.3 Å². The predicted molar refractivity (Wildman–Crippen MR) is 112 cm³/mol. The van der Waals surface area contributed by atoms with Crippen LogP contribution in [0.4, 0.5) is 5.82 Å². The Morgan fingerprint density at radius 2 is 2.10 bits per heavy atom. The molecule has 3 heterocycles. The van der Waals surface area contributed by atoms with Gasteiger partial charge in [0.05, 0.1) is 18.4 Å². The number of aromatic nitrogens is 1. The minimum atomic E-state index is -0.838. The summed E-state index contributed by atoms with van der Waals surface area (Å²) in [6, 6.07) is 13.7. The third-order valence-corrected chi connectivity index (χ3v) is 5.80. The average Bonchev–Trinajstić information content (AvgIpc) is 2.75. The maximum Gasteiger partial charge on any atom is 0.313 e. The lowest BCUT2D eigenvalue weighted by Crippen LogP contribution is -2.40. The molecule has 2 atom stereocenters. The summed E-state index contributed by atoms with van der Waals surface area (Å²) in [7, 11) is 0. The molecule has 4 rings (SSSR count). The van der Waals surface area contributed by atoms with Gasteiger partial charge in [0.1, 0.15) is 11.7 Å². The van der Waals surface area contributed by atoms with Gasteiger partial charge >= 0.3 is 5.97 Å². The van der Waals surface area contributed by atoms with Gasteiger partial charge in [0.25, 0.3) is 0 Å². The second-order valence-corrected chi connectivity index (χ2v) is 7.97. The van der Waals surface area contributed by atoms with E-state index in [0.717, 1.165) is 62.5 Å². The summed E-state index contributed by atoms with van der Waals surface area (Å²) in [5, 5.41) is 13.0. The number of piperidine rings is 1. The molecule has 1 fully saturated rings. The van der Waals surface area contributed by atoms with E-state index >= 15 is 0 Å². The lowest BCUT2D eigenvalue weighted by Gasteiger charge is -2.33. The van der Waals surface area contributed by atoms with Gasteiger partial charge in [0.2, 0.25) is 0 Å². The number of rotatable bonds is 7. The van der Waals surface area contributed by atoms with E-state index in [1.54, 1.807) is 0 Å². The van der Waals surface area contributed by atoms with E-state index in [-0.39, 0.29) is 12.7 Å². The minimum absolute atomic E-state index is 0.0602. The number of aliphatic carboxylic acids is 1. The van der Waals surface area contributed by atoms with Crippen molar-refractivity contribution in [3.8, 4) is 0 Å². The molecule has 2 aromatic rings. The van der Waals surface area contributed by atoms with Crippen LogP contribution in [-0.2, 0) is 22.5 Å². The molecule has 0 bridgehead atoms. The number of aryl methyl sites for hydroxylation is 1. The van der Waals surface area contributed by atoms with Crippen LogP contribution in [0.25, 0.3) is 0 Å². The van der Waals surface area contributed by atoms with Crippen molar-refractivity contribution in [2.75, 3.05) is 31.6 Å². The lowest BCUT2D eigenvalue weighted by atomic mass is 10.00. The summed E-state index contributed by atoms with van der Waals surface area (Å²) in [4.78, 5) is 18.9. The highest BCUT2D eigenvalue weighted by molar-refractivity contribution is 5.76. The Bertz CT molecular complexity index is 827. The highest BCUT2D eigenvalue weighted by Gasteiger charge is 2.25. The fraction of sp³-hybridized carbons (Fsp3) is 0.478. The van der Waals surface area contributed by atoms with Gasteiger partial charge in [-0.1, -0.05) is 36.4 Å². The molecule has 0 unspecified atom stereocenters. The molecule has 2 N–H and O–H groups in total. The largest absolute Gasteiger partial charge is 0.481 e. The Kier molecular flexibility index (Phi) is 6.42. The molecule has 0 saturated carbocycles. The number of nitrogens with one attached hydrogen (secondary N) is 1. The summed E-state index contributed by atoms with van der Waals surface area (Å²) in [5.74, 6) is -0.430. The Labute approximate surface area is 171 Å². The van der Waals surface area contributed by atoms with Crippen LogP contribution >= 0.6 is 0 Å². The van der Waals surface area contributed by atoms with E-state index in [9.17, 15) is 9.90 Å². The number of carbonyl (C=O) groups is 1. The number of hydrogen-bond acceptors (Lipinski definition) is 5. The van der Waals surface area contributed by atoms with Crippen molar-refractivity contribution in [2.45, 2.75) is 44.2 Å². The van der Waals surface area contributed by atoms with Crippen LogP contribution in [0.15, 0.2) is 42.5 Å². The zero-order valence-electron chi connectivity index (χ0n) is 16.7. The summed E-state index contributed by atoms with van der Waals surface area (Å²) in [6.45, 7) is 3.84. The Balaban J connectivity index is 1.33. The van der Waals surface area contributed by atoms with Gasteiger partial charge < -0.3 is 15.2 Å². The number of hydrogen-bond donors (Lipinski definition) is 2. The van der Waals surface area contributed by atoms with Crippen LogP contribution in [0, 0.1) is 0 Å². The van der Waals surface area contributed by atoms with Crippen LogP contribution in [0.1, 0.15) is 42.0 Å². The van der Waals surface area contributed by atoms with E-state index in [4.69, 9.17) is 9.72 Å². The molecule has 1 saturated heterocycles. The molecule has 6 heteroatoms. The van der Waals surface area contributed by atoms with Gasteiger partial charge in [-0.25, -0.2) is 4.98 Å². The highest BCUT2D eigenvalue weighted by Crippen LogP contribution is 2.23. The first-order valence-electron chi connectivity index (χ1n) is 10.5. The van der Waals surface area contributed by atoms with Crippen molar-refractivity contribution in [3.05, 3.63) is 59.3 Å². The third-order valence-electron chi connectivity index (χ3n) is 5.80. The molecule has 6 nitrogen and oxygen atoms in total. The number of ether oxygens (including phenoxy) is 1. The maximum absolute atomic E-state index is 11.7. The fourth-order valence-electron chi connectivity index (χ4n) is 4.21. The third kappa shape index (κ3) is 5.14. The lowest BCUT2D eigenvalue weighted by molar-refractivity contribution is -0.141. The van der Waals surface area contributed by atoms with Crippen LogP contribution in [0.2, 0.25) is 0 Å². The van der Waals surface area contributed by atoms with Crippen LogP contribution in [0.5, 0.6) is 0 Å². The Morgan fingerprint density at radius 3 is 2.93 bits per heavy atom. The number of fused-ring (bicyclic) bond motifs is 1. The molecular formula is C23H29N3O3. The summed E-state index contributed by atoms with van der Waals surface area (Å²) >= 11 is 0. The Morgan fingerprint density at radius 1 is 1.24 bits per heavy atom. The normalized spacial score (nSPS) is 20.5. The van der Waals surface area contributed by atoms with Crippen molar-refractivity contribution in [3.63, 3.8) is 0 Å². The van der Waals surface area contributed by atoms with Gasteiger partial charge in [-0.05, 0) is 49.4 Å². The number of pyridine rings is 1. The zero-order valence-corrected chi connectivity index (χ0v) is 16.7. The molecule has 2 aliphatic heterocycles. The van der Waals surface area contributed by atoms with Crippen molar-refractivity contribution >= 4 is 11.8 Å². The van der Waals surface area contributed by atoms with Gasteiger partial charge in [-0.2, -0.15) is 0 Å². The average molecular weight is 396 g/mol. The molecular weight excluding hydrogens is 366 g/mol. The number of carboxylic acids is 1. The molecule has 1 aromatic heterocycles. The molecule has 0 spiro atoms. The van der Waals surface area contributed by atoms with E-state index < -0.39 is 11.9 Å². The van der Waals surface area contributed by atoms with Crippen molar-refractivity contribution in [2.24, 2.45) is 0 Å². The standard InChI is InChI=1S/C23H29N3O3/c27-23(28)21(17-6-2-1-3-7-17)16-29-20-9-5-13-26(15-20)14-19-11-10-18-8-4-12-24-22(18)25-19/h1-3,6-7,10-11,20-21H,4-5,8-9,12-16H2,(H,24,25)(H,27,28)/t20-,21+/m1/s1. The smallest absolute Gasteiger partial charge is 0.313 e. The van der Waals surface area contributed by atoms with Crippen molar-refractivity contribution in [1.29, 1.82) is 0 Å². The highest BCUT2D eigenvalue weighted by atomic mass is 16.5.